The molecule has 9 nitrogen and oxygen atoms in total. The molecule has 0 aromatic heterocycles. The van der Waals surface area contributed by atoms with E-state index < -0.39 is 11.9 Å². The number of aliphatic imine (C=N–C) groups is 1. The van der Waals surface area contributed by atoms with Crippen LogP contribution in [0, 0.1) is 0 Å². The summed E-state index contributed by atoms with van der Waals surface area (Å²) in [5.41, 5.74) is 1.27. The van der Waals surface area contributed by atoms with Crippen molar-refractivity contribution in [3.63, 3.8) is 0 Å². The second-order valence-electron chi connectivity index (χ2n) is 8.13. The molecule has 5 rings (SSSR count). The van der Waals surface area contributed by atoms with Crippen LogP contribution in [0.3, 0.4) is 0 Å². The second kappa shape index (κ2) is 11.5. The number of carbonyl (C=O) groups is 2. The molecule has 11 heteroatoms. The van der Waals surface area contributed by atoms with E-state index in [1.165, 1.54) is 6.08 Å². The molecular formula is C28H21Br2NO8. The lowest BCUT2D eigenvalue weighted by molar-refractivity contribution is -0.129. The fraction of sp³-hybridized carbons (Fsp3) is 0.179. The molecule has 0 bridgehead atoms. The highest BCUT2D eigenvalue weighted by atomic mass is 79.9. The minimum atomic E-state index is -0.652. The van der Waals surface area contributed by atoms with Crippen LogP contribution in [0.4, 0.5) is 0 Å². The third kappa shape index (κ3) is 5.79. The highest BCUT2D eigenvalue weighted by Gasteiger charge is 2.27. The first-order valence-corrected chi connectivity index (χ1v) is 13.5. The summed E-state index contributed by atoms with van der Waals surface area (Å²) in [7, 11) is 0. The zero-order valence-corrected chi connectivity index (χ0v) is 24.0. The molecule has 0 aliphatic carbocycles. The van der Waals surface area contributed by atoms with E-state index in [1.807, 2.05) is 13.8 Å². The maximum Gasteiger partial charge on any atom is 0.363 e. The zero-order chi connectivity index (χ0) is 27.5. The Morgan fingerprint density at radius 2 is 1.74 bits per heavy atom. The summed E-state index contributed by atoms with van der Waals surface area (Å²) in [5.74, 6) is 1.15. The van der Waals surface area contributed by atoms with Crippen molar-refractivity contribution in [2.24, 2.45) is 4.99 Å². The Balaban J connectivity index is 1.46. The molecule has 0 saturated carbocycles. The van der Waals surface area contributed by atoms with Gasteiger partial charge in [0.2, 0.25) is 12.7 Å². The van der Waals surface area contributed by atoms with Gasteiger partial charge in [-0.15, -0.1) is 0 Å². The fourth-order valence-corrected chi connectivity index (χ4v) is 5.17. The third-order valence-electron chi connectivity index (χ3n) is 5.54. The average Bonchev–Trinajstić information content (AvgIpc) is 3.53. The van der Waals surface area contributed by atoms with E-state index in [2.05, 4.69) is 36.9 Å². The normalized spacial score (nSPS) is 14.7. The number of hydrogen-bond acceptors (Lipinski definition) is 9. The topological polar surface area (TPSA) is 102 Å². The number of rotatable bonds is 8. The standard InChI is InChI=1S/C28H21Br2NO8/c1-3-34-21-7-5-15(11-23(21)35-4-2)26-31-20(28(33)39-26)10-17-9-18(29)13-19(30)25(17)38-27(32)16-6-8-22-24(12-16)37-14-36-22/h5-13H,3-4,14H2,1-2H3/b20-10-. The smallest absolute Gasteiger partial charge is 0.363 e. The lowest BCUT2D eigenvalue weighted by Crippen LogP contribution is -2.10. The predicted octanol–water partition coefficient (Wildman–Crippen LogP) is 6.30. The Kier molecular flexibility index (Phi) is 7.89. The van der Waals surface area contributed by atoms with Crippen LogP contribution >= 0.6 is 31.9 Å². The summed E-state index contributed by atoms with van der Waals surface area (Å²) in [4.78, 5) is 30.1. The average molecular weight is 659 g/mol. The molecule has 3 aromatic carbocycles. The molecule has 0 N–H and O–H groups in total. The summed E-state index contributed by atoms with van der Waals surface area (Å²) >= 11 is 6.88. The zero-order valence-electron chi connectivity index (χ0n) is 20.8. The SMILES string of the molecule is CCOc1ccc(C2=N/C(=C\c3cc(Br)cc(Br)c3OC(=O)c3ccc4c(c3)OCO4)C(=O)O2)cc1OCC. The summed E-state index contributed by atoms with van der Waals surface area (Å²) in [6, 6.07) is 13.4. The number of esters is 2. The minimum Gasteiger partial charge on any atom is -0.490 e. The molecule has 0 unspecified atom stereocenters. The van der Waals surface area contributed by atoms with Gasteiger partial charge in [-0.1, -0.05) is 15.9 Å². The van der Waals surface area contributed by atoms with Crippen molar-refractivity contribution in [2.45, 2.75) is 13.8 Å². The van der Waals surface area contributed by atoms with Crippen LogP contribution in [0.25, 0.3) is 6.08 Å². The van der Waals surface area contributed by atoms with Crippen molar-refractivity contribution in [2.75, 3.05) is 20.0 Å². The molecule has 0 fully saturated rings. The Labute approximate surface area is 240 Å². The van der Waals surface area contributed by atoms with Gasteiger partial charge in [0.15, 0.2) is 34.4 Å². The molecular weight excluding hydrogens is 638 g/mol. The Bertz CT molecular complexity index is 1530. The summed E-state index contributed by atoms with van der Waals surface area (Å²) < 4.78 is 34.3. The molecule has 2 aliphatic rings. The van der Waals surface area contributed by atoms with Crippen LogP contribution in [0.15, 0.2) is 68.2 Å². The molecule has 39 heavy (non-hydrogen) atoms. The van der Waals surface area contributed by atoms with E-state index in [0.29, 0.717) is 56.3 Å². The van der Waals surface area contributed by atoms with Crippen molar-refractivity contribution in [1.82, 2.24) is 0 Å². The van der Waals surface area contributed by atoms with Crippen molar-refractivity contribution in [1.29, 1.82) is 0 Å². The highest BCUT2D eigenvalue weighted by molar-refractivity contribution is 9.11. The van der Waals surface area contributed by atoms with E-state index in [1.54, 1.807) is 48.5 Å². The number of cyclic esters (lactones) is 1. The number of hydrogen-bond donors (Lipinski definition) is 0. The summed E-state index contributed by atoms with van der Waals surface area (Å²) in [6.07, 6.45) is 1.49. The second-order valence-corrected chi connectivity index (χ2v) is 9.90. The quantitative estimate of drug-likeness (QED) is 0.158. The monoisotopic (exact) mass is 657 g/mol. The Hall–Kier alpha value is -3.83. The maximum absolute atomic E-state index is 13.0. The molecule has 0 atom stereocenters. The first kappa shape index (κ1) is 26.8. The highest BCUT2D eigenvalue weighted by Crippen LogP contribution is 2.37. The van der Waals surface area contributed by atoms with Gasteiger partial charge in [0.1, 0.15) is 0 Å². The Morgan fingerprint density at radius 1 is 0.974 bits per heavy atom. The minimum absolute atomic E-state index is 0.0298. The van der Waals surface area contributed by atoms with Gasteiger partial charge in [-0.2, -0.15) is 0 Å². The summed E-state index contributed by atoms with van der Waals surface area (Å²) in [5, 5.41) is 0. The van der Waals surface area contributed by atoms with Crippen LogP contribution in [-0.4, -0.2) is 37.8 Å². The number of fused-ring (bicyclic) bond motifs is 1. The van der Waals surface area contributed by atoms with E-state index in [-0.39, 0.29) is 29.7 Å². The lowest BCUT2D eigenvalue weighted by atomic mass is 10.1. The number of nitrogens with zero attached hydrogens (tertiary/aromatic N) is 1. The van der Waals surface area contributed by atoms with E-state index in [4.69, 9.17) is 28.4 Å². The maximum atomic E-state index is 13.0. The number of benzene rings is 3. The van der Waals surface area contributed by atoms with E-state index in [0.717, 1.165) is 0 Å². The predicted molar refractivity (Wildman–Crippen MR) is 149 cm³/mol. The fourth-order valence-electron chi connectivity index (χ4n) is 3.83. The molecule has 2 heterocycles. The molecule has 0 amide bonds. The Morgan fingerprint density at radius 3 is 2.54 bits per heavy atom. The molecule has 3 aromatic rings. The van der Waals surface area contributed by atoms with Gasteiger partial charge in [-0.3, -0.25) is 0 Å². The van der Waals surface area contributed by atoms with Crippen LogP contribution in [-0.2, 0) is 9.53 Å². The lowest BCUT2D eigenvalue weighted by Gasteiger charge is -2.11. The number of halogens is 2. The number of carbonyl (C=O) groups excluding carboxylic acids is 2. The van der Waals surface area contributed by atoms with Crippen LogP contribution in [0.2, 0.25) is 0 Å². The van der Waals surface area contributed by atoms with Gasteiger partial charge >= 0.3 is 11.9 Å². The molecule has 200 valence electrons. The number of ether oxygens (including phenoxy) is 6. The van der Waals surface area contributed by atoms with Crippen LogP contribution in [0.5, 0.6) is 28.7 Å². The van der Waals surface area contributed by atoms with Gasteiger partial charge in [0, 0.05) is 15.6 Å². The van der Waals surface area contributed by atoms with Crippen LogP contribution in [0.1, 0.15) is 35.3 Å². The van der Waals surface area contributed by atoms with Gasteiger partial charge in [-0.25, -0.2) is 14.6 Å². The van der Waals surface area contributed by atoms with Crippen molar-refractivity contribution in [3.8, 4) is 28.7 Å². The van der Waals surface area contributed by atoms with Gasteiger partial charge in [0.05, 0.1) is 23.2 Å². The van der Waals surface area contributed by atoms with Gasteiger partial charge < -0.3 is 28.4 Å². The van der Waals surface area contributed by atoms with E-state index in [9.17, 15) is 9.59 Å². The molecule has 0 saturated heterocycles. The van der Waals surface area contributed by atoms with Gasteiger partial charge in [0.25, 0.3) is 0 Å². The van der Waals surface area contributed by atoms with Gasteiger partial charge in [-0.05, 0) is 84.4 Å². The van der Waals surface area contributed by atoms with Crippen molar-refractivity contribution in [3.05, 3.63) is 79.9 Å². The largest absolute Gasteiger partial charge is 0.490 e. The first-order chi connectivity index (χ1) is 18.9. The summed E-state index contributed by atoms with van der Waals surface area (Å²) in [6.45, 7) is 4.75. The van der Waals surface area contributed by atoms with E-state index >= 15 is 0 Å². The van der Waals surface area contributed by atoms with Crippen LogP contribution < -0.4 is 23.7 Å². The van der Waals surface area contributed by atoms with Crippen molar-refractivity contribution < 1.29 is 38.0 Å². The third-order valence-corrected chi connectivity index (χ3v) is 6.59. The molecule has 0 spiro atoms. The first-order valence-electron chi connectivity index (χ1n) is 11.9. The van der Waals surface area contributed by atoms with Crippen molar-refractivity contribution >= 4 is 55.8 Å². The molecule has 0 radical (unpaired) electrons. The molecule has 2 aliphatic heterocycles.